The Labute approximate surface area is 101 Å². The van der Waals surface area contributed by atoms with Gasteiger partial charge in [-0.25, -0.2) is 0 Å². The minimum atomic E-state index is 0.713. The monoisotopic (exact) mass is 222 g/mol. The minimum Gasteiger partial charge on any atom is -0.303 e. The maximum Gasteiger partial charge on any atom is 0.119 e. The Balaban J connectivity index is 3.16. The van der Waals surface area contributed by atoms with Crippen molar-refractivity contribution in [3.8, 4) is 0 Å². The molecule has 0 saturated heterocycles. The molecule has 0 heterocycles. The molecule has 0 aromatic heterocycles. The van der Waals surface area contributed by atoms with Crippen molar-refractivity contribution in [2.45, 2.75) is 64.7 Å². The molecule has 0 amide bonds. The van der Waals surface area contributed by atoms with E-state index in [4.69, 9.17) is 0 Å². The van der Waals surface area contributed by atoms with Crippen LogP contribution in [-0.2, 0) is 4.79 Å². The van der Waals surface area contributed by atoms with Gasteiger partial charge in [0.15, 0.2) is 0 Å². The zero-order valence-corrected chi connectivity index (χ0v) is 10.7. The Morgan fingerprint density at radius 2 is 1.31 bits per heavy atom. The van der Waals surface area contributed by atoms with Gasteiger partial charge < -0.3 is 4.79 Å². The van der Waals surface area contributed by atoms with Gasteiger partial charge in [-0.15, -0.1) is 0 Å². The topological polar surface area (TPSA) is 17.1 Å². The zero-order chi connectivity index (χ0) is 11.9. The second kappa shape index (κ2) is 14.2. The summed E-state index contributed by atoms with van der Waals surface area (Å²) in [6.07, 6.45) is 20.2. The predicted octanol–water partition coefficient (Wildman–Crippen LogP) is 4.83. The third-order valence-electron chi connectivity index (χ3n) is 2.52. The quantitative estimate of drug-likeness (QED) is 0.278. The van der Waals surface area contributed by atoms with Crippen molar-refractivity contribution in [3.63, 3.8) is 0 Å². The van der Waals surface area contributed by atoms with Crippen LogP contribution in [0.1, 0.15) is 64.7 Å². The Morgan fingerprint density at radius 3 is 1.88 bits per heavy atom. The van der Waals surface area contributed by atoms with E-state index in [-0.39, 0.29) is 0 Å². The van der Waals surface area contributed by atoms with Crippen LogP contribution < -0.4 is 0 Å². The molecule has 92 valence electrons. The van der Waals surface area contributed by atoms with E-state index in [2.05, 4.69) is 31.2 Å². The third-order valence-corrected chi connectivity index (χ3v) is 2.52. The summed E-state index contributed by atoms with van der Waals surface area (Å²) >= 11 is 0. The van der Waals surface area contributed by atoms with E-state index in [0.717, 1.165) is 32.0 Å². The van der Waals surface area contributed by atoms with Gasteiger partial charge in [-0.3, -0.25) is 0 Å². The molecule has 0 aromatic rings. The number of aldehydes is 1. The van der Waals surface area contributed by atoms with E-state index in [1.807, 2.05) is 0 Å². The first kappa shape index (κ1) is 15.2. The summed E-state index contributed by atoms with van der Waals surface area (Å²) in [5.41, 5.74) is 0. The summed E-state index contributed by atoms with van der Waals surface area (Å²) in [6.45, 7) is 2.23. The smallest absolute Gasteiger partial charge is 0.119 e. The average Bonchev–Trinajstić information content (AvgIpc) is 2.31. The molecule has 0 saturated carbocycles. The van der Waals surface area contributed by atoms with Crippen LogP contribution in [0, 0.1) is 0 Å². The van der Waals surface area contributed by atoms with Crippen LogP contribution in [0.3, 0.4) is 0 Å². The molecule has 0 radical (unpaired) electrons. The van der Waals surface area contributed by atoms with Gasteiger partial charge in [-0.05, 0) is 38.5 Å². The van der Waals surface area contributed by atoms with E-state index in [1.165, 1.54) is 25.7 Å². The number of hydrogen-bond acceptors (Lipinski definition) is 1. The molecule has 0 aliphatic carbocycles. The first-order valence-corrected chi connectivity index (χ1v) is 6.65. The van der Waals surface area contributed by atoms with Crippen molar-refractivity contribution in [2.75, 3.05) is 0 Å². The summed E-state index contributed by atoms with van der Waals surface area (Å²) in [7, 11) is 0. The first-order valence-electron chi connectivity index (χ1n) is 6.65. The van der Waals surface area contributed by atoms with Crippen LogP contribution in [0.4, 0.5) is 0 Å². The van der Waals surface area contributed by atoms with E-state index < -0.39 is 0 Å². The molecule has 0 spiro atoms. The van der Waals surface area contributed by atoms with Gasteiger partial charge in [-0.1, -0.05) is 44.1 Å². The van der Waals surface area contributed by atoms with Crippen molar-refractivity contribution in [1.82, 2.24) is 0 Å². The van der Waals surface area contributed by atoms with Gasteiger partial charge >= 0.3 is 0 Å². The number of hydrogen-bond donors (Lipinski definition) is 0. The van der Waals surface area contributed by atoms with E-state index in [9.17, 15) is 4.79 Å². The lowest BCUT2D eigenvalue weighted by Gasteiger charge is -1.91. The molecule has 0 fully saturated rings. The van der Waals surface area contributed by atoms with Crippen molar-refractivity contribution >= 4 is 6.29 Å². The van der Waals surface area contributed by atoms with Gasteiger partial charge in [0, 0.05) is 6.42 Å². The molecule has 0 aromatic carbocycles. The van der Waals surface area contributed by atoms with Gasteiger partial charge in [-0.2, -0.15) is 0 Å². The minimum absolute atomic E-state index is 0.713. The Bertz CT molecular complexity index is 192. The number of carbonyl (C=O) groups is 1. The van der Waals surface area contributed by atoms with E-state index >= 15 is 0 Å². The zero-order valence-electron chi connectivity index (χ0n) is 10.7. The van der Waals surface area contributed by atoms with Gasteiger partial charge in [0.25, 0.3) is 0 Å². The fourth-order valence-electron chi connectivity index (χ4n) is 1.51. The normalized spacial score (nSPS) is 11.6. The highest BCUT2D eigenvalue weighted by atomic mass is 16.1. The number of rotatable bonds is 11. The summed E-state index contributed by atoms with van der Waals surface area (Å²) in [4.78, 5) is 10.1. The van der Waals surface area contributed by atoms with Crippen LogP contribution in [0.25, 0.3) is 0 Å². The Hall–Kier alpha value is -0.850. The highest BCUT2D eigenvalue weighted by Gasteiger charge is 1.84. The summed E-state index contributed by atoms with van der Waals surface area (Å²) in [5.74, 6) is 0. The molecular weight excluding hydrogens is 196 g/mol. The van der Waals surface area contributed by atoms with Crippen molar-refractivity contribution in [3.05, 3.63) is 24.3 Å². The molecule has 1 nitrogen and oxygen atoms in total. The Kier molecular flexibility index (Phi) is 13.4. The van der Waals surface area contributed by atoms with Crippen LogP contribution in [0.15, 0.2) is 24.3 Å². The van der Waals surface area contributed by atoms with E-state index in [0.29, 0.717) is 6.42 Å². The van der Waals surface area contributed by atoms with Crippen molar-refractivity contribution in [2.24, 2.45) is 0 Å². The number of unbranched alkanes of at least 4 members (excludes halogenated alkanes) is 6. The van der Waals surface area contributed by atoms with Crippen molar-refractivity contribution in [1.29, 1.82) is 0 Å². The van der Waals surface area contributed by atoms with Crippen LogP contribution >= 0.6 is 0 Å². The molecule has 0 aliphatic rings. The van der Waals surface area contributed by atoms with Crippen molar-refractivity contribution < 1.29 is 4.79 Å². The lowest BCUT2D eigenvalue weighted by Crippen LogP contribution is -1.75. The van der Waals surface area contributed by atoms with Gasteiger partial charge in [0.2, 0.25) is 0 Å². The SMILES string of the molecule is CCCCCC=CCC=CCCCCC=O. The summed E-state index contributed by atoms with van der Waals surface area (Å²) < 4.78 is 0. The Morgan fingerprint density at radius 1 is 0.750 bits per heavy atom. The van der Waals surface area contributed by atoms with Crippen LogP contribution in [-0.4, -0.2) is 6.29 Å². The summed E-state index contributed by atoms with van der Waals surface area (Å²) in [5, 5.41) is 0. The maximum absolute atomic E-state index is 10.1. The lowest BCUT2D eigenvalue weighted by molar-refractivity contribution is -0.107. The largest absolute Gasteiger partial charge is 0.303 e. The molecule has 0 bridgehead atoms. The van der Waals surface area contributed by atoms with Crippen LogP contribution in [0.5, 0.6) is 0 Å². The molecule has 0 N–H and O–H groups in total. The predicted molar refractivity (Wildman–Crippen MR) is 71.6 cm³/mol. The number of allylic oxidation sites excluding steroid dienone is 4. The maximum atomic E-state index is 10.1. The molecular formula is C15H26O. The highest BCUT2D eigenvalue weighted by Crippen LogP contribution is 2.02. The van der Waals surface area contributed by atoms with E-state index in [1.54, 1.807) is 0 Å². The molecule has 0 unspecified atom stereocenters. The molecule has 1 heteroatoms. The fourth-order valence-corrected chi connectivity index (χ4v) is 1.51. The first-order chi connectivity index (χ1) is 7.91. The standard InChI is InChI=1S/C15H26O/c1-2-3-4-5-6-7-8-9-10-11-12-13-14-15-16/h6-7,9-10,15H,2-5,8,11-14H2,1H3. The third kappa shape index (κ3) is 13.2. The summed E-state index contributed by atoms with van der Waals surface area (Å²) in [6, 6.07) is 0. The second-order valence-electron chi connectivity index (χ2n) is 4.13. The highest BCUT2D eigenvalue weighted by molar-refractivity contribution is 5.48. The van der Waals surface area contributed by atoms with Gasteiger partial charge in [0.1, 0.15) is 6.29 Å². The molecule has 0 rings (SSSR count). The van der Waals surface area contributed by atoms with Crippen LogP contribution in [0.2, 0.25) is 0 Å². The average molecular weight is 222 g/mol. The molecule has 0 aliphatic heterocycles. The van der Waals surface area contributed by atoms with Gasteiger partial charge in [0.05, 0.1) is 0 Å². The molecule has 0 atom stereocenters. The lowest BCUT2D eigenvalue weighted by atomic mass is 10.1. The fraction of sp³-hybridized carbons (Fsp3) is 0.667. The second-order valence-corrected chi connectivity index (χ2v) is 4.13. The number of carbonyl (C=O) groups excluding carboxylic acids is 1. The molecule has 16 heavy (non-hydrogen) atoms.